The Morgan fingerprint density at radius 1 is 1.23 bits per heavy atom. The molecular formula is C19H27NO2. The topological polar surface area (TPSA) is 38.3 Å². The summed E-state index contributed by atoms with van der Waals surface area (Å²) in [5.74, 6) is 2.49. The van der Waals surface area contributed by atoms with Crippen molar-refractivity contribution in [3.05, 3.63) is 23.8 Å². The van der Waals surface area contributed by atoms with E-state index in [0.717, 1.165) is 23.8 Å². The van der Waals surface area contributed by atoms with Crippen LogP contribution in [0.2, 0.25) is 0 Å². The minimum Gasteiger partial charge on any atom is -0.495 e. The number of methoxy groups -OCH3 is 1. The normalized spacial score (nSPS) is 27.0. The van der Waals surface area contributed by atoms with Crippen LogP contribution in [0.4, 0.5) is 5.69 Å². The zero-order chi connectivity index (χ0) is 15.9. The first-order chi connectivity index (χ1) is 10.4. The van der Waals surface area contributed by atoms with Gasteiger partial charge in [0.15, 0.2) is 0 Å². The monoisotopic (exact) mass is 301 g/mol. The number of ether oxygens (including phenoxy) is 1. The minimum absolute atomic E-state index is 0.0537. The van der Waals surface area contributed by atoms with Gasteiger partial charge in [-0.25, -0.2) is 0 Å². The van der Waals surface area contributed by atoms with E-state index in [4.69, 9.17) is 4.74 Å². The molecule has 120 valence electrons. The van der Waals surface area contributed by atoms with Gasteiger partial charge >= 0.3 is 0 Å². The molecule has 2 saturated carbocycles. The molecule has 1 amide bonds. The number of hydrogen-bond donors (Lipinski definition) is 1. The summed E-state index contributed by atoms with van der Waals surface area (Å²) < 4.78 is 5.42. The van der Waals surface area contributed by atoms with Crippen LogP contribution in [-0.2, 0) is 10.2 Å². The maximum absolute atomic E-state index is 12.7. The minimum atomic E-state index is 0.0537. The van der Waals surface area contributed by atoms with Gasteiger partial charge in [-0.1, -0.05) is 33.3 Å². The molecule has 0 heterocycles. The molecule has 2 fully saturated rings. The lowest BCUT2D eigenvalue weighted by Gasteiger charge is -2.24. The SMILES string of the molecule is COc1ccc(C(C)(C)C)cc1NC(=O)[C@@H]1C[C@H]2CC[C@H]1C2. The Balaban J connectivity index is 1.80. The summed E-state index contributed by atoms with van der Waals surface area (Å²) in [4.78, 5) is 12.7. The molecule has 3 nitrogen and oxygen atoms in total. The van der Waals surface area contributed by atoms with Gasteiger partial charge < -0.3 is 10.1 Å². The van der Waals surface area contributed by atoms with E-state index < -0.39 is 0 Å². The van der Waals surface area contributed by atoms with Gasteiger partial charge in [0, 0.05) is 5.92 Å². The number of nitrogens with one attached hydrogen (secondary N) is 1. The molecule has 0 aromatic heterocycles. The Morgan fingerprint density at radius 2 is 2.00 bits per heavy atom. The molecule has 2 aliphatic carbocycles. The third-order valence-corrected chi connectivity index (χ3v) is 5.40. The molecular weight excluding hydrogens is 274 g/mol. The third kappa shape index (κ3) is 2.86. The van der Waals surface area contributed by atoms with Crippen molar-refractivity contribution in [1.82, 2.24) is 0 Å². The molecule has 2 aliphatic rings. The second-order valence-electron chi connectivity index (χ2n) is 7.94. The van der Waals surface area contributed by atoms with Gasteiger partial charge in [0.05, 0.1) is 12.8 Å². The first kappa shape index (κ1) is 15.4. The summed E-state index contributed by atoms with van der Waals surface area (Å²) in [7, 11) is 1.65. The zero-order valence-corrected chi connectivity index (χ0v) is 14.1. The summed E-state index contributed by atoms with van der Waals surface area (Å²) >= 11 is 0. The Hall–Kier alpha value is -1.51. The van der Waals surface area contributed by atoms with Crippen LogP contribution in [0, 0.1) is 17.8 Å². The predicted molar refractivity (Wildman–Crippen MR) is 89.3 cm³/mol. The molecule has 22 heavy (non-hydrogen) atoms. The van der Waals surface area contributed by atoms with E-state index in [-0.39, 0.29) is 17.2 Å². The second-order valence-corrected chi connectivity index (χ2v) is 7.94. The highest BCUT2D eigenvalue weighted by atomic mass is 16.5. The molecule has 0 aliphatic heterocycles. The van der Waals surface area contributed by atoms with Crippen LogP contribution >= 0.6 is 0 Å². The molecule has 0 radical (unpaired) electrons. The highest BCUT2D eigenvalue weighted by Gasteiger charge is 2.43. The van der Waals surface area contributed by atoms with E-state index in [1.807, 2.05) is 6.07 Å². The van der Waals surface area contributed by atoms with E-state index >= 15 is 0 Å². The van der Waals surface area contributed by atoms with Crippen LogP contribution in [0.15, 0.2) is 18.2 Å². The number of amides is 1. The number of benzene rings is 1. The van der Waals surface area contributed by atoms with Gasteiger partial charge in [-0.3, -0.25) is 4.79 Å². The Labute approximate surface area is 133 Å². The van der Waals surface area contributed by atoms with Crippen molar-refractivity contribution in [2.45, 2.75) is 51.9 Å². The number of fused-ring (bicyclic) bond motifs is 2. The number of carbonyl (C=O) groups is 1. The highest BCUT2D eigenvalue weighted by Crippen LogP contribution is 2.48. The summed E-state index contributed by atoms with van der Waals surface area (Å²) in [5.41, 5.74) is 2.07. The van der Waals surface area contributed by atoms with Crippen molar-refractivity contribution >= 4 is 11.6 Å². The van der Waals surface area contributed by atoms with Crippen molar-refractivity contribution in [3.63, 3.8) is 0 Å². The van der Waals surface area contributed by atoms with Crippen molar-refractivity contribution in [2.24, 2.45) is 17.8 Å². The molecule has 0 unspecified atom stereocenters. The number of rotatable bonds is 3. The van der Waals surface area contributed by atoms with Crippen LogP contribution in [0.5, 0.6) is 5.75 Å². The first-order valence-corrected chi connectivity index (χ1v) is 8.38. The van der Waals surface area contributed by atoms with E-state index in [0.29, 0.717) is 5.92 Å². The fourth-order valence-electron chi connectivity index (χ4n) is 4.06. The molecule has 1 aromatic rings. The standard InChI is InChI=1S/C19H27NO2/c1-19(2,3)14-7-8-17(22-4)16(11-14)20-18(21)15-10-12-5-6-13(15)9-12/h7-8,11-13,15H,5-6,9-10H2,1-4H3,(H,20,21)/t12-,13-,15+/m0/s1. The van der Waals surface area contributed by atoms with Crippen molar-refractivity contribution in [2.75, 3.05) is 12.4 Å². The van der Waals surface area contributed by atoms with Gasteiger partial charge in [-0.15, -0.1) is 0 Å². The Morgan fingerprint density at radius 3 is 2.55 bits per heavy atom. The van der Waals surface area contributed by atoms with Gasteiger partial charge in [0.2, 0.25) is 5.91 Å². The van der Waals surface area contributed by atoms with E-state index in [1.54, 1.807) is 7.11 Å². The molecule has 1 aromatic carbocycles. The average molecular weight is 301 g/mol. The van der Waals surface area contributed by atoms with Crippen molar-refractivity contribution in [1.29, 1.82) is 0 Å². The summed E-state index contributed by atoms with van der Waals surface area (Å²) in [5, 5.41) is 3.14. The number of anilines is 1. The van der Waals surface area contributed by atoms with Gasteiger partial charge in [-0.05, 0) is 54.2 Å². The van der Waals surface area contributed by atoms with Crippen LogP contribution < -0.4 is 10.1 Å². The van der Waals surface area contributed by atoms with Crippen LogP contribution in [-0.4, -0.2) is 13.0 Å². The van der Waals surface area contributed by atoms with Crippen molar-refractivity contribution < 1.29 is 9.53 Å². The Bertz CT molecular complexity index is 573. The second kappa shape index (κ2) is 5.60. The zero-order valence-electron chi connectivity index (χ0n) is 14.1. The lowest BCUT2D eigenvalue weighted by molar-refractivity contribution is -0.121. The number of carbonyl (C=O) groups excluding carboxylic acids is 1. The van der Waals surface area contributed by atoms with Gasteiger partial charge in [-0.2, -0.15) is 0 Å². The van der Waals surface area contributed by atoms with Gasteiger partial charge in [0.1, 0.15) is 5.75 Å². The van der Waals surface area contributed by atoms with Crippen LogP contribution in [0.1, 0.15) is 52.0 Å². The highest BCUT2D eigenvalue weighted by molar-refractivity contribution is 5.94. The largest absolute Gasteiger partial charge is 0.495 e. The molecule has 2 bridgehead atoms. The quantitative estimate of drug-likeness (QED) is 0.900. The molecule has 0 spiro atoms. The molecule has 3 rings (SSSR count). The summed E-state index contributed by atoms with van der Waals surface area (Å²) in [6.07, 6.45) is 4.86. The van der Waals surface area contributed by atoms with E-state index in [9.17, 15) is 4.79 Å². The van der Waals surface area contributed by atoms with Gasteiger partial charge in [0.25, 0.3) is 0 Å². The first-order valence-electron chi connectivity index (χ1n) is 8.38. The fraction of sp³-hybridized carbons (Fsp3) is 0.632. The molecule has 0 saturated heterocycles. The maximum Gasteiger partial charge on any atom is 0.227 e. The van der Waals surface area contributed by atoms with E-state index in [2.05, 4.69) is 38.2 Å². The lowest BCUT2D eigenvalue weighted by atomic mass is 9.86. The summed E-state index contributed by atoms with van der Waals surface area (Å²) in [6.45, 7) is 6.53. The van der Waals surface area contributed by atoms with E-state index in [1.165, 1.54) is 24.8 Å². The van der Waals surface area contributed by atoms with Crippen LogP contribution in [0.25, 0.3) is 0 Å². The third-order valence-electron chi connectivity index (χ3n) is 5.40. The lowest BCUT2D eigenvalue weighted by Crippen LogP contribution is -2.27. The van der Waals surface area contributed by atoms with Crippen LogP contribution in [0.3, 0.4) is 0 Å². The fourth-order valence-corrected chi connectivity index (χ4v) is 4.06. The predicted octanol–water partition coefficient (Wildman–Crippen LogP) is 4.37. The average Bonchev–Trinajstić information content (AvgIpc) is 3.09. The molecule has 1 N–H and O–H groups in total. The molecule has 3 atom stereocenters. The number of hydrogen-bond acceptors (Lipinski definition) is 2. The maximum atomic E-state index is 12.7. The molecule has 3 heteroatoms. The smallest absolute Gasteiger partial charge is 0.227 e. The van der Waals surface area contributed by atoms with Crippen molar-refractivity contribution in [3.8, 4) is 5.75 Å². The Kier molecular flexibility index (Phi) is 3.92. The summed E-state index contributed by atoms with van der Waals surface area (Å²) in [6, 6.07) is 6.09.